The molecule has 2 aromatic heterocycles. The number of hydrogen-bond acceptors (Lipinski definition) is 4. The predicted molar refractivity (Wildman–Crippen MR) is 72.4 cm³/mol. The van der Waals surface area contributed by atoms with Gasteiger partial charge >= 0.3 is 5.76 Å². The monoisotopic (exact) mass is 329 g/mol. The Morgan fingerprint density at radius 3 is 2.73 bits per heavy atom. The number of rotatable bonds is 2. The third-order valence-corrected chi connectivity index (χ3v) is 3.21. The fourth-order valence-corrected chi connectivity index (χ4v) is 2.30. The summed E-state index contributed by atoms with van der Waals surface area (Å²) in [6.45, 7) is 0.643. The Morgan fingerprint density at radius 2 is 2.09 bits per heavy atom. The summed E-state index contributed by atoms with van der Waals surface area (Å²) in [7, 11) is 0. The fraction of sp³-hybridized carbons (Fsp3) is 0.154. The minimum atomic E-state index is -3.25. The third kappa shape index (κ3) is 2.35. The summed E-state index contributed by atoms with van der Waals surface area (Å²) in [6.07, 6.45) is 1.05. The molecule has 3 rings (SSSR count). The SMILES string of the molecule is CC(F)(F)c1ncc(-c2ccc(F)c3[nH]c(=O)oc23)nc1Cl. The number of hydrogen-bond donors (Lipinski definition) is 1. The van der Waals surface area contributed by atoms with Crippen LogP contribution in [0.2, 0.25) is 5.15 Å². The van der Waals surface area contributed by atoms with E-state index in [1.165, 1.54) is 6.07 Å². The van der Waals surface area contributed by atoms with E-state index in [-0.39, 0.29) is 22.4 Å². The summed E-state index contributed by atoms with van der Waals surface area (Å²) >= 11 is 5.72. The molecule has 0 amide bonds. The molecule has 0 spiro atoms. The van der Waals surface area contributed by atoms with Crippen molar-refractivity contribution in [2.45, 2.75) is 12.8 Å². The molecule has 0 unspecified atom stereocenters. The fourth-order valence-electron chi connectivity index (χ4n) is 1.99. The Bertz CT molecular complexity index is 930. The van der Waals surface area contributed by atoms with Crippen molar-refractivity contribution < 1.29 is 17.6 Å². The molecule has 114 valence electrons. The van der Waals surface area contributed by atoms with Crippen molar-refractivity contribution >= 4 is 22.7 Å². The molecule has 0 saturated heterocycles. The average Bonchev–Trinajstić information content (AvgIpc) is 2.80. The zero-order chi connectivity index (χ0) is 16.1. The largest absolute Gasteiger partial charge is 0.417 e. The number of benzene rings is 1. The molecule has 9 heteroatoms. The van der Waals surface area contributed by atoms with Crippen molar-refractivity contribution in [3.8, 4) is 11.3 Å². The molecule has 0 atom stereocenters. The van der Waals surface area contributed by atoms with Crippen LogP contribution in [-0.2, 0) is 5.92 Å². The van der Waals surface area contributed by atoms with E-state index in [4.69, 9.17) is 16.0 Å². The highest BCUT2D eigenvalue weighted by Gasteiger charge is 2.30. The first-order chi connectivity index (χ1) is 10.3. The second-order valence-electron chi connectivity index (χ2n) is 4.60. The van der Waals surface area contributed by atoms with E-state index in [9.17, 15) is 18.0 Å². The van der Waals surface area contributed by atoms with E-state index >= 15 is 0 Å². The van der Waals surface area contributed by atoms with Gasteiger partial charge in [-0.15, -0.1) is 0 Å². The van der Waals surface area contributed by atoms with Gasteiger partial charge in [-0.05, 0) is 12.1 Å². The molecule has 3 aromatic rings. The van der Waals surface area contributed by atoms with Crippen LogP contribution in [0.4, 0.5) is 13.2 Å². The zero-order valence-electron chi connectivity index (χ0n) is 11.0. The Kier molecular flexibility index (Phi) is 3.21. The molecule has 0 aliphatic rings. The van der Waals surface area contributed by atoms with Crippen molar-refractivity contribution in [3.05, 3.63) is 45.5 Å². The number of fused-ring (bicyclic) bond motifs is 1. The van der Waals surface area contributed by atoms with Crippen LogP contribution in [0, 0.1) is 5.82 Å². The zero-order valence-corrected chi connectivity index (χ0v) is 11.7. The first-order valence-corrected chi connectivity index (χ1v) is 6.37. The maximum absolute atomic E-state index is 13.6. The van der Waals surface area contributed by atoms with Crippen molar-refractivity contribution in [2.75, 3.05) is 0 Å². The summed E-state index contributed by atoms with van der Waals surface area (Å²) in [4.78, 5) is 20.8. The molecule has 0 aliphatic heterocycles. The summed E-state index contributed by atoms with van der Waals surface area (Å²) in [5.74, 6) is -4.79. The van der Waals surface area contributed by atoms with Crippen molar-refractivity contribution in [3.63, 3.8) is 0 Å². The number of oxazole rings is 1. The van der Waals surface area contributed by atoms with E-state index in [0.29, 0.717) is 6.92 Å². The molecule has 22 heavy (non-hydrogen) atoms. The van der Waals surface area contributed by atoms with Gasteiger partial charge in [0, 0.05) is 12.5 Å². The molecule has 0 aliphatic carbocycles. The Morgan fingerprint density at radius 1 is 1.36 bits per heavy atom. The summed E-state index contributed by atoms with van der Waals surface area (Å²) < 4.78 is 45.0. The van der Waals surface area contributed by atoms with Crippen LogP contribution in [0.3, 0.4) is 0 Å². The number of aromatic nitrogens is 3. The lowest BCUT2D eigenvalue weighted by atomic mass is 10.1. The third-order valence-electron chi connectivity index (χ3n) is 2.95. The first kappa shape index (κ1) is 14.6. The first-order valence-electron chi connectivity index (χ1n) is 6.00. The quantitative estimate of drug-likeness (QED) is 0.781. The minimum Gasteiger partial charge on any atom is -0.407 e. The van der Waals surface area contributed by atoms with Crippen LogP contribution in [0.25, 0.3) is 22.4 Å². The molecular formula is C13H7ClF3N3O2. The standard InChI is InChI=1S/C13H7ClF3N3O2/c1-13(16,17)10-11(14)19-7(4-18-10)5-2-3-6(15)8-9(5)22-12(21)20-8/h2-4H,1H3,(H,20,21). The van der Waals surface area contributed by atoms with Crippen molar-refractivity contribution in [2.24, 2.45) is 0 Å². The number of H-pyrrole nitrogens is 1. The lowest BCUT2D eigenvalue weighted by Gasteiger charge is -2.11. The van der Waals surface area contributed by atoms with Crippen molar-refractivity contribution in [1.29, 1.82) is 0 Å². The van der Waals surface area contributed by atoms with Gasteiger partial charge in [0.15, 0.2) is 16.6 Å². The van der Waals surface area contributed by atoms with Crippen LogP contribution in [0.5, 0.6) is 0 Å². The normalized spacial score (nSPS) is 12.0. The van der Waals surface area contributed by atoms with Crippen LogP contribution < -0.4 is 5.76 Å². The van der Waals surface area contributed by atoms with Gasteiger partial charge < -0.3 is 4.42 Å². The van der Waals surface area contributed by atoms with Gasteiger partial charge in [0.05, 0.1) is 11.9 Å². The van der Waals surface area contributed by atoms with E-state index in [2.05, 4.69) is 15.0 Å². The molecule has 2 heterocycles. The number of nitrogens with one attached hydrogen (secondary N) is 1. The topological polar surface area (TPSA) is 71.8 Å². The molecular weight excluding hydrogens is 323 g/mol. The van der Waals surface area contributed by atoms with Crippen LogP contribution in [-0.4, -0.2) is 15.0 Å². The highest BCUT2D eigenvalue weighted by Crippen LogP contribution is 2.33. The summed E-state index contributed by atoms with van der Waals surface area (Å²) in [6, 6.07) is 2.37. The highest BCUT2D eigenvalue weighted by molar-refractivity contribution is 6.30. The van der Waals surface area contributed by atoms with E-state index in [1.54, 1.807) is 0 Å². The lowest BCUT2D eigenvalue weighted by Crippen LogP contribution is -2.11. The minimum absolute atomic E-state index is 0.0748. The van der Waals surface area contributed by atoms with Crippen molar-refractivity contribution in [1.82, 2.24) is 15.0 Å². The van der Waals surface area contributed by atoms with E-state index in [1.807, 2.05) is 0 Å². The smallest absolute Gasteiger partial charge is 0.407 e. The number of nitrogens with zero attached hydrogens (tertiary/aromatic N) is 2. The molecule has 1 N–H and O–H groups in total. The maximum atomic E-state index is 13.6. The molecule has 1 aromatic carbocycles. The Balaban J connectivity index is 2.23. The molecule has 0 bridgehead atoms. The van der Waals surface area contributed by atoms with Gasteiger partial charge in [0.2, 0.25) is 0 Å². The average molecular weight is 330 g/mol. The van der Waals surface area contributed by atoms with Crippen LogP contribution in [0.15, 0.2) is 27.5 Å². The highest BCUT2D eigenvalue weighted by atomic mass is 35.5. The summed E-state index contributed by atoms with van der Waals surface area (Å²) in [5.41, 5.74) is -0.635. The van der Waals surface area contributed by atoms with Gasteiger partial charge in [0.25, 0.3) is 5.92 Å². The van der Waals surface area contributed by atoms with Gasteiger partial charge in [-0.2, -0.15) is 8.78 Å². The van der Waals surface area contributed by atoms with Crippen LogP contribution >= 0.6 is 11.6 Å². The predicted octanol–water partition coefficient (Wildman–Crippen LogP) is 3.48. The summed E-state index contributed by atoms with van der Waals surface area (Å²) in [5, 5.41) is -0.486. The van der Waals surface area contributed by atoms with E-state index in [0.717, 1.165) is 12.3 Å². The van der Waals surface area contributed by atoms with Gasteiger partial charge in [-0.3, -0.25) is 4.98 Å². The van der Waals surface area contributed by atoms with Gasteiger partial charge in [-0.1, -0.05) is 11.6 Å². The van der Waals surface area contributed by atoms with E-state index < -0.39 is 28.3 Å². The second-order valence-corrected chi connectivity index (χ2v) is 4.95. The molecule has 0 radical (unpaired) electrons. The Labute approximate surface area is 125 Å². The van der Waals surface area contributed by atoms with Crippen LogP contribution in [0.1, 0.15) is 12.6 Å². The molecule has 5 nitrogen and oxygen atoms in total. The molecule has 0 saturated carbocycles. The number of alkyl halides is 2. The second kappa shape index (κ2) is 4.84. The number of aromatic amines is 1. The Hall–Kier alpha value is -2.35. The van der Waals surface area contributed by atoms with Gasteiger partial charge in [0.1, 0.15) is 11.2 Å². The maximum Gasteiger partial charge on any atom is 0.417 e. The van der Waals surface area contributed by atoms with Gasteiger partial charge in [-0.25, -0.2) is 19.2 Å². The molecule has 0 fully saturated rings. The number of halogens is 4. The lowest BCUT2D eigenvalue weighted by molar-refractivity contribution is 0.0125.